The highest BCUT2D eigenvalue weighted by atomic mass is 32.1. The molecular formula is C20H22N2O2S2. The number of methoxy groups -OCH3 is 1. The van der Waals surface area contributed by atoms with E-state index in [1.165, 1.54) is 11.3 Å². The first-order chi connectivity index (χ1) is 12.3. The molecular weight excluding hydrogens is 364 g/mol. The SMILES string of the molecule is COc1ccc(C(C)(C)C)cc1NC(=O)c1sc(-c2cccs2)nc1C. The van der Waals surface area contributed by atoms with E-state index in [4.69, 9.17) is 4.74 Å². The Labute approximate surface area is 161 Å². The van der Waals surface area contributed by atoms with Gasteiger partial charge in [0.2, 0.25) is 0 Å². The molecule has 0 aliphatic carbocycles. The zero-order valence-electron chi connectivity index (χ0n) is 15.5. The van der Waals surface area contributed by atoms with Crippen molar-refractivity contribution in [2.24, 2.45) is 0 Å². The van der Waals surface area contributed by atoms with Crippen LogP contribution in [0, 0.1) is 6.92 Å². The molecule has 0 saturated heterocycles. The van der Waals surface area contributed by atoms with Gasteiger partial charge in [-0.25, -0.2) is 4.98 Å². The summed E-state index contributed by atoms with van der Waals surface area (Å²) in [5.41, 5.74) is 2.53. The van der Waals surface area contributed by atoms with Gasteiger partial charge in [0.15, 0.2) is 0 Å². The Kier molecular flexibility index (Phi) is 5.16. The van der Waals surface area contributed by atoms with Crippen LogP contribution in [0.25, 0.3) is 9.88 Å². The Balaban J connectivity index is 1.91. The van der Waals surface area contributed by atoms with Crippen molar-refractivity contribution in [1.29, 1.82) is 0 Å². The molecule has 0 aliphatic rings. The molecule has 3 rings (SSSR count). The summed E-state index contributed by atoms with van der Waals surface area (Å²) in [7, 11) is 1.61. The molecule has 0 saturated carbocycles. The van der Waals surface area contributed by atoms with Gasteiger partial charge in [0.25, 0.3) is 5.91 Å². The maximum absolute atomic E-state index is 12.9. The van der Waals surface area contributed by atoms with Crippen LogP contribution in [0.4, 0.5) is 5.69 Å². The van der Waals surface area contributed by atoms with Gasteiger partial charge in [0.1, 0.15) is 15.6 Å². The Morgan fingerprint density at radius 2 is 2.00 bits per heavy atom. The molecule has 136 valence electrons. The lowest BCUT2D eigenvalue weighted by Crippen LogP contribution is -2.15. The fourth-order valence-corrected chi connectivity index (χ4v) is 4.32. The first kappa shape index (κ1) is 18.6. The smallest absolute Gasteiger partial charge is 0.267 e. The first-order valence-corrected chi connectivity index (χ1v) is 10.0. The highest BCUT2D eigenvalue weighted by molar-refractivity contribution is 7.22. The van der Waals surface area contributed by atoms with Crippen LogP contribution in [-0.4, -0.2) is 18.0 Å². The van der Waals surface area contributed by atoms with E-state index in [0.29, 0.717) is 16.3 Å². The number of ether oxygens (including phenoxy) is 1. The monoisotopic (exact) mass is 386 g/mol. The summed E-state index contributed by atoms with van der Waals surface area (Å²) < 4.78 is 5.42. The fraction of sp³-hybridized carbons (Fsp3) is 0.300. The van der Waals surface area contributed by atoms with Crippen LogP contribution in [0.1, 0.15) is 41.7 Å². The number of benzene rings is 1. The number of amides is 1. The number of hydrogen-bond acceptors (Lipinski definition) is 5. The molecule has 3 aromatic rings. The summed E-state index contributed by atoms with van der Waals surface area (Å²) in [6.07, 6.45) is 0. The van der Waals surface area contributed by atoms with Crippen molar-refractivity contribution in [1.82, 2.24) is 4.98 Å². The molecule has 6 heteroatoms. The lowest BCUT2D eigenvalue weighted by Gasteiger charge is -2.21. The second-order valence-corrected chi connectivity index (χ2v) is 8.98. The normalized spacial score (nSPS) is 11.4. The summed E-state index contributed by atoms with van der Waals surface area (Å²) in [6.45, 7) is 8.29. The van der Waals surface area contributed by atoms with Crippen LogP contribution in [0.5, 0.6) is 5.75 Å². The molecule has 0 aliphatic heterocycles. The zero-order chi connectivity index (χ0) is 18.9. The molecule has 0 atom stereocenters. The summed E-state index contributed by atoms with van der Waals surface area (Å²) in [6, 6.07) is 9.90. The molecule has 0 spiro atoms. The third kappa shape index (κ3) is 3.81. The summed E-state index contributed by atoms with van der Waals surface area (Å²) >= 11 is 3.03. The van der Waals surface area contributed by atoms with Gasteiger partial charge in [-0.05, 0) is 41.5 Å². The number of rotatable bonds is 4. The molecule has 2 heterocycles. The van der Waals surface area contributed by atoms with E-state index >= 15 is 0 Å². The number of nitrogens with one attached hydrogen (secondary N) is 1. The average Bonchev–Trinajstić information content (AvgIpc) is 3.23. The number of thiazole rings is 1. The summed E-state index contributed by atoms with van der Waals surface area (Å²) in [5, 5.41) is 5.88. The van der Waals surface area contributed by atoms with Gasteiger partial charge >= 0.3 is 0 Å². The van der Waals surface area contributed by atoms with E-state index in [1.807, 2.05) is 42.6 Å². The third-order valence-corrected chi connectivity index (χ3v) is 6.24. The van der Waals surface area contributed by atoms with Crippen LogP contribution >= 0.6 is 22.7 Å². The number of thiophene rings is 1. The number of aryl methyl sites for hydroxylation is 1. The predicted octanol–water partition coefficient (Wildman–Crippen LogP) is 5.74. The van der Waals surface area contributed by atoms with Crippen LogP contribution in [0.2, 0.25) is 0 Å². The molecule has 0 fully saturated rings. The van der Waals surface area contributed by atoms with Crippen molar-refractivity contribution in [2.45, 2.75) is 33.1 Å². The molecule has 0 unspecified atom stereocenters. The Hall–Kier alpha value is -2.18. The maximum atomic E-state index is 12.9. The Morgan fingerprint density at radius 3 is 2.62 bits per heavy atom. The van der Waals surface area contributed by atoms with Crippen molar-refractivity contribution in [3.05, 3.63) is 51.8 Å². The quantitative estimate of drug-likeness (QED) is 0.622. The number of carbonyl (C=O) groups excluding carboxylic acids is 1. The van der Waals surface area contributed by atoms with Crippen LogP contribution in [0.3, 0.4) is 0 Å². The van der Waals surface area contributed by atoms with Crippen LogP contribution in [-0.2, 0) is 5.41 Å². The minimum Gasteiger partial charge on any atom is -0.495 e. The zero-order valence-corrected chi connectivity index (χ0v) is 17.2. The van der Waals surface area contributed by atoms with Gasteiger partial charge in [-0.15, -0.1) is 22.7 Å². The van der Waals surface area contributed by atoms with Crippen LogP contribution < -0.4 is 10.1 Å². The van der Waals surface area contributed by atoms with E-state index in [-0.39, 0.29) is 11.3 Å². The number of anilines is 1. The molecule has 0 bridgehead atoms. The lowest BCUT2D eigenvalue weighted by atomic mass is 9.87. The molecule has 26 heavy (non-hydrogen) atoms. The fourth-order valence-electron chi connectivity index (χ4n) is 2.56. The first-order valence-electron chi connectivity index (χ1n) is 8.31. The van der Waals surface area contributed by atoms with E-state index in [2.05, 4.69) is 31.1 Å². The van der Waals surface area contributed by atoms with Crippen molar-refractivity contribution in [3.63, 3.8) is 0 Å². The summed E-state index contributed by atoms with van der Waals surface area (Å²) in [4.78, 5) is 19.1. The second-order valence-electron chi connectivity index (χ2n) is 7.03. The van der Waals surface area contributed by atoms with Gasteiger partial charge in [-0.3, -0.25) is 4.79 Å². The van der Waals surface area contributed by atoms with Gasteiger partial charge < -0.3 is 10.1 Å². The molecule has 2 aromatic heterocycles. The average molecular weight is 387 g/mol. The number of aromatic nitrogens is 1. The number of carbonyl (C=O) groups is 1. The minimum atomic E-state index is -0.160. The highest BCUT2D eigenvalue weighted by Gasteiger charge is 2.20. The topological polar surface area (TPSA) is 51.2 Å². The van der Waals surface area contributed by atoms with E-state index in [0.717, 1.165) is 21.1 Å². The molecule has 1 N–H and O–H groups in total. The molecule has 0 radical (unpaired) electrons. The van der Waals surface area contributed by atoms with Crippen molar-refractivity contribution in [3.8, 4) is 15.6 Å². The second kappa shape index (κ2) is 7.21. The molecule has 1 aromatic carbocycles. The standard InChI is InChI=1S/C20H22N2O2S2/c1-12-17(26-19(21-12)16-7-6-10-25-16)18(23)22-14-11-13(20(2,3)4)8-9-15(14)24-5/h6-11H,1-5H3,(H,22,23). The van der Waals surface area contributed by atoms with Gasteiger partial charge in [-0.2, -0.15) is 0 Å². The van der Waals surface area contributed by atoms with E-state index < -0.39 is 0 Å². The Morgan fingerprint density at radius 1 is 1.23 bits per heavy atom. The predicted molar refractivity (Wildman–Crippen MR) is 110 cm³/mol. The Bertz CT molecular complexity index is 922. The van der Waals surface area contributed by atoms with Gasteiger partial charge in [-0.1, -0.05) is 32.9 Å². The van der Waals surface area contributed by atoms with Gasteiger partial charge in [0, 0.05) is 0 Å². The van der Waals surface area contributed by atoms with E-state index in [1.54, 1.807) is 18.4 Å². The third-order valence-electron chi connectivity index (χ3n) is 4.05. The largest absolute Gasteiger partial charge is 0.495 e. The number of hydrogen-bond donors (Lipinski definition) is 1. The molecule has 1 amide bonds. The van der Waals surface area contributed by atoms with Crippen molar-refractivity contribution >= 4 is 34.3 Å². The number of nitrogens with zero attached hydrogens (tertiary/aromatic N) is 1. The maximum Gasteiger partial charge on any atom is 0.267 e. The van der Waals surface area contributed by atoms with Crippen LogP contribution in [0.15, 0.2) is 35.7 Å². The van der Waals surface area contributed by atoms with Crippen molar-refractivity contribution < 1.29 is 9.53 Å². The van der Waals surface area contributed by atoms with Crippen molar-refractivity contribution in [2.75, 3.05) is 12.4 Å². The lowest BCUT2D eigenvalue weighted by molar-refractivity contribution is 0.102. The highest BCUT2D eigenvalue weighted by Crippen LogP contribution is 2.34. The minimum absolute atomic E-state index is 0.0154. The van der Waals surface area contributed by atoms with E-state index in [9.17, 15) is 4.79 Å². The summed E-state index contributed by atoms with van der Waals surface area (Å²) in [5.74, 6) is 0.485. The van der Waals surface area contributed by atoms with Gasteiger partial charge in [0.05, 0.1) is 23.4 Å². The molecule has 4 nitrogen and oxygen atoms in total.